The first-order chi connectivity index (χ1) is 4.45. The van der Waals surface area contributed by atoms with Crippen molar-refractivity contribution in [3.05, 3.63) is 0 Å². The Hall–Kier alpha value is 0.466. The number of carbonyl (C=O) groups excluding carboxylic acids is 1. The first kappa shape index (κ1) is 18.3. The molecule has 0 spiro atoms. The van der Waals surface area contributed by atoms with Gasteiger partial charge in [0.15, 0.2) is 5.78 Å². The van der Waals surface area contributed by atoms with Gasteiger partial charge in [0, 0.05) is 0 Å². The molecule has 0 saturated carbocycles. The second kappa shape index (κ2) is 8.08. The van der Waals surface area contributed by atoms with Crippen molar-refractivity contribution >= 4 is 36.7 Å². The van der Waals surface area contributed by atoms with E-state index in [2.05, 4.69) is 4.52 Å². The zero-order valence-corrected chi connectivity index (χ0v) is 8.40. The minimum absolute atomic E-state index is 0. The molecule has 0 rings (SSSR count). The predicted octanol–water partition coefficient (Wildman–Crippen LogP) is -3.18. The van der Waals surface area contributed by atoms with Crippen LogP contribution in [-0.2, 0) is 13.9 Å². The van der Waals surface area contributed by atoms with Crippen LogP contribution in [-0.4, -0.2) is 57.5 Å². The fraction of sp³-hybridized carbons (Fsp3) is 0.667. The molecular formula is C3H8MgO7P+. The van der Waals surface area contributed by atoms with Gasteiger partial charge in [-0.15, -0.1) is 0 Å². The zero-order chi connectivity index (χ0) is 8.20. The van der Waals surface area contributed by atoms with Gasteiger partial charge in [-0.3, -0.25) is 9.36 Å². The van der Waals surface area contributed by atoms with Crippen molar-refractivity contribution in [3.63, 3.8) is 0 Å². The van der Waals surface area contributed by atoms with Crippen molar-refractivity contribution in [2.24, 2.45) is 0 Å². The average Bonchev–Trinajstić information content (AvgIpc) is 1.81. The third-order valence-corrected chi connectivity index (χ3v) is 1.02. The van der Waals surface area contributed by atoms with E-state index in [1.807, 2.05) is 0 Å². The molecule has 0 aromatic rings. The molecule has 0 aromatic heterocycles. The molecule has 1 unspecified atom stereocenters. The maximum absolute atomic E-state index is 10.1. The second-order valence-corrected chi connectivity index (χ2v) is 2.63. The Morgan fingerprint density at radius 1 is 1.58 bits per heavy atom. The molecule has 0 saturated heterocycles. The van der Waals surface area contributed by atoms with E-state index in [0.29, 0.717) is 0 Å². The number of phosphoric acid groups is 1. The van der Waals surface area contributed by atoms with Crippen LogP contribution in [0.2, 0.25) is 0 Å². The van der Waals surface area contributed by atoms with Crippen LogP contribution in [0.25, 0.3) is 0 Å². The second-order valence-electron chi connectivity index (χ2n) is 1.44. The van der Waals surface area contributed by atoms with Crippen molar-refractivity contribution < 1.29 is 34.3 Å². The van der Waals surface area contributed by atoms with Gasteiger partial charge in [0.25, 0.3) is 7.82 Å². The monoisotopic (exact) mass is 211 g/mol. The molecule has 0 aliphatic rings. The molecule has 0 fully saturated rings. The van der Waals surface area contributed by atoms with E-state index in [9.17, 15) is 14.3 Å². The van der Waals surface area contributed by atoms with Crippen LogP contribution in [0.4, 0.5) is 0 Å². The van der Waals surface area contributed by atoms with E-state index < -0.39 is 26.8 Å². The maximum atomic E-state index is 10.1. The molecular weight excluding hydrogens is 203 g/mol. The quantitative estimate of drug-likeness (QED) is 0.371. The molecule has 0 aromatic carbocycles. The molecule has 0 bridgehead atoms. The van der Waals surface area contributed by atoms with Gasteiger partial charge in [0.2, 0.25) is 0 Å². The molecule has 0 aliphatic carbocycles. The Kier molecular flexibility index (Phi) is 12.3. The number of hydrogen-bond donors (Lipinski definition) is 2. The van der Waals surface area contributed by atoms with Gasteiger partial charge in [0.1, 0.15) is 13.2 Å². The smallest absolute Gasteiger partial charge is 0.756 e. The normalized spacial score (nSPS) is 13.6. The summed E-state index contributed by atoms with van der Waals surface area (Å²) in [5, 5.41) is 8.03. The van der Waals surface area contributed by atoms with E-state index in [1.165, 1.54) is 0 Å². The van der Waals surface area contributed by atoms with Crippen LogP contribution in [0.15, 0.2) is 0 Å². The minimum atomic E-state index is -4.81. The van der Waals surface area contributed by atoms with Crippen molar-refractivity contribution in [3.8, 4) is 0 Å². The maximum Gasteiger partial charge on any atom is 2.00 e. The first-order valence-corrected chi connectivity index (χ1v) is 3.76. The van der Waals surface area contributed by atoms with Crippen molar-refractivity contribution in [1.29, 1.82) is 0 Å². The van der Waals surface area contributed by atoms with E-state index in [1.54, 1.807) is 0 Å². The molecule has 7 nitrogen and oxygen atoms in total. The average molecular weight is 211 g/mol. The van der Waals surface area contributed by atoms with Crippen molar-refractivity contribution in [1.82, 2.24) is 0 Å². The van der Waals surface area contributed by atoms with Crippen molar-refractivity contribution in [2.75, 3.05) is 13.2 Å². The summed E-state index contributed by atoms with van der Waals surface area (Å²) in [4.78, 5) is 27.8. The van der Waals surface area contributed by atoms with Crippen LogP contribution in [0.3, 0.4) is 0 Å². The summed E-state index contributed by atoms with van der Waals surface area (Å²) in [5.74, 6) is -0.815. The Labute approximate surface area is 84.4 Å². The van der Waals surface area contributed by atoms with Gasteiger partial charge in [-0.1, -0.05) is 0 Å². The summed E-state index contributed by atoms with van der Waals surface area (Å²) in [7, 11) is -4.81. The van der Waals surface area contributed by atoms with Gasteiger partial charge in [-0.2, -0.15) is 0 Å². The molecule has 12 heavy (non-hydrogen) atoms. The van der Waals surface area contributed by atoms with E-state index in [-0.39, 0.29) is 28.5 Å². The van der Waals surface area contributed by atoms with Gasteiger partial charge >= 0.3 is 23.1 Å². The number of rotatable bonds is 4. The van der Waals surface area contributed by atoms with Gasteiger partial charge in [-0.25, -0.2) is 0 Å². The number of aliphatic hydroxyl groups excluding tert-OH is 1. The van der Waals surface area contributed by atoms with Crippen LogP contribution in [0, 0.1) is 0 Å². The number of aliphatic hydroxyl groups is 1. The molecule has 1 atom stereocenters. The molecule has 9 heteroatoms. The minimum Gasteiger partial charge on any atom is -0.756 e. The van der Waals surface area contributed by atoms with Gasteiger partial charge in [0.05, 0.1) is 0 Å². The van der Waals surface area contributed by atoms with Crippen molar-refractivity contribution in [2.45, 2.75) is 0 Å². The molecule has 68 valence electrons. The molecule has 0 heterocycles. The third-order valence-electron chi connectivity index (χ3n) is 0.565. The summed E-state index contributed by atoms with van der Waals surface area (Å²) in [6, 6.07) is 0. The van der Waals surface area contributed by atoms with E-state index in [4.69, 9.17) is 10.00 Å². The molecule has 0 radical (unpaired) electrons. The van der Waals surface area contributed by atoms with Gasteiger partial charge < -0.3 is 24.9 Å². The topological polar surface area (TPSA) is 138 Å². The summed E-state index contributed by atoms with van der Waals surface area (Å²) in [6.45, 7) is -1.63. The molecule has 0 amide bonds. The summed E-state index contributed by atoms with van der Waals surface area (Å²) < 4.78 is 13.4. The molecule has 4 N–H and O–H groups in total. The summed E-state index contributed by atoms with van der Waals surface area (Å²) >= 11 is 0. The fourth-order valence-electron chi connectivity index (χ4n) is 0.199. The number of hydrogen-bond acceptors (Lipinski definition) is 5. The first-order valence-electron chi connectivity index (χ1n) is 2.26. The van der Waals surface area contributed by atoms with E-state index >= 15 is 0 Å². The number of phosphoric ester groups is 1. The number of carbonyl (C=O) groups is 1. The van der Waals surface area contributed by atoms with E-state index in [0.717, 1.165) is 0 Å². The zero-order valence-electron chi connectivity index (χ0n) is 6.10. The van der Waals surface area contributed by atoms with Gasteiger partial charge in [-0.05, 0) is 0 Å². The van der Waals surface area contributed by atoms with Crippen LogP contribution in [0.1, 0.15) is 0 Å². The Balaban J connectivity index is -0.000000405. The predicted molar refractivity (Wildman–Crippen MR) is 37.2 cm³/mol. The summed E-state index contributed by atoms with van der Waals surface area (Å²) in [6.07, 6.45) is 0. The van der Waals surface area contributed by atoms with Crippen LogP contribution in [0.5, 0.6) is 0 Å². The SMILES string of the molecule is O.O=C(CO)COP(=O)([O-])O.[Mg+2]. The number of ketones is 1. The van der Waals surface area contributed by atoms with Crippen LogP contribution >= 0.6 is 7.82 Å². The molecule has 0 aliphatic heterocycles. The standard InChI is InChI=1S/C3H7O6P.Mg.H2O/c4-1-3(5)2-9-10(6,7)8;;/h4H,1-2H2,(H2,6,7,8);;1H2/q;+2;/p-1. The summed E-state index contributed by atoms with van der Waals surface area (Å²) in [5.41, 5.74) is 0. The largest absolute Gasteiger partial charge is 2.00 e. The Bertz CT molecular complexity index is 164. The fourth-order valence-corrected chi connectivity index (χ4v) is 0.506. The van der Waals surface area contributed by atoms with Crippen LogP contribution < -0.4 is 4.89 Å². The Morgan fingerprint density at radius 3 is 2.25 bits per heavy atom. The number of Topliss-reactive ketones (excluding diaryl/α,β-unsaturated/α-hetero) is 1. The third kappa shape index (κ3) is 13.1. The Morgan fingerprint density at radius 2 is 2.00 bits per heavy atom.